The van der Waals surface area contributed by atoms with Gasteiger partial charge >= 0.3 is 0 Å². The van der Waals surface area contributed by atoms with Gasteiger partial charge in [-0.05, 0) is 85.3 Å². The molecular weight excluding hydrogens is 632 g/mol. The van der Waals surface area contributed by atoms with Crippen molar-refractivity contribution >= 4 is 52.5 Å². The van der Waals surface area contributed by atoms with E-state index < -0.39 is 52.6 Å². The first-order valence-corrected chi connectivity index (χ1v) is 16.0. The molecule has 1 saturated carbocycles. The van der Waals surface area contributed by atoms with Crippen LogP contribution in [0, 0.1) is 29.5 Å². The Morgan fingerprint density at radius 2 is 1.61 bits per heavy atom. The van der Waals surface area contributed by atoms with E-state index in [2.05, 4.69) is 5.43 Å². The van der Waals surface area contributed by atoms with Gasteiger partial charge in [-0.3, -0.25) is 29.5 Å². The first kappa shape index (κ1) is 30.4. The van der Waals surface area contributed by atoms with Crippen LogP contribution in [-0.2, 0) is 24.6 Å². The van der Waals surface area contributed by atoms with Gasteiger partial charge in [0.1, 0.15) is 11.6 Å². The van der Waals surface area contributed by atoms with E-state index in [-0.39, 0.29) is 30.4 Å². The van der Waals surface area contributed by atoms with E-state index in [4.69, 9.17) is 23.2 Å². The highest BCUT2D eigenvalue weighted by Gasteiger charge is 2.70. The summed E-state index contributed by atoms with van der Waals surface area (Å²) >= 11 is 12.8. The highest BCUT2D eigenvalue weighted by Crippen LogP contribution is 2.65. The number of anilines is 1. The van der Waals surface area contributed by atoms with Crippen LogP contribution in [-0.4, -0.2) is 45.2 Å². The predicted molar refractivity (Wildman–Crippen MR) is 169 cm³/mol. The van der Waals surface area contributed by atoms with Gasteiger partial charge in [0.15, 0.2) is 0 Å². The molecule has 4 amide bonds. The molecule has 0 radical (unpaired) electrons. The average molecular weight is 663 g/mol. The fourth-order valence-electron chi connectivity index (χ4n) is 8.27. The molecule has 4 aliphatic rings. The van der Waals surface area contributed by atoms with Crippen LogP contribution in [0.2, 0.25) is 10.0 Å². The molecule has 0 bridgehead atoms. The Kier molecular flexibility index (Phi) is 7.44. The molecule has 0 unspecified atom stereocenters. The molecule has 7 rings (SSSR count). The van der Waals surface area contributed by atoms with E-state index in [9.17, 15) is 23.9 Å². The van der Waals surface area contributed by atoms with Gasteiger partial charge in [-0.25, -0.2) is 4.39 Å². The molecule has 11 heteroatoms. The van der Waals surface area contributed by atoms with E-state index in [0.717, 1.165) is 5.01 Å². The number of allylic oxidation sites excluding steroid dienone is 2. The number of nitrogens with zero attached hydrogens (tertiary/aromatic N) is 2. The monoisotopic (exact) mass is 661 g/mol. The summed E-state index contributed by atoms with van der Waals surface area (Å²) in [6.07, 6.45) is 2.91. The Morgan fingerprint density at radius 1 is 0.913 bits per heavy atom. The lowest BCUT2D eigenvalue weighted by molar-refractivity contribution is -0.141. The third-order valence-electron chi connectivity index (χ3n) is 10.1. The fraction of sp³-hybridized carbons (Fsp3) is 0.314. The molecule has 8 nitrogen and oxygen atoms in total. The second kappa shape index (κ2) is 11.2. The normalized spacial score (nSPS) is 28.6. The third-order valence-corrected chi connectivity index (χ3v) is 10.6. The fourth-order valence-corrected chi connectivity index (χ4v) is 8.57. The summed E-state index contributed by atoms with van der Waals surface area (Å²) in [5.41, 5.74) is 3.15. The lowest BCUT2D eigenvalue weighted by Gasteiger charge is -2.50. The Hall–Kier alpha value is -4.21. The van der Waals surface area contributed by atoms with Crippen LogP contribution in [0.15, 0.2) is 78.4 Å². The van der Waals surface area contributed by atoms with Crippen molar-refractivity contribution in [3.8, 4) is 5.75 Å². The minimum Gasteiger partial charge on any atom is -0.508 e. The minimum atomic E-state index is -1.60. The van der Waals surface area contributed by atoms with E-state index in [1.54, 1.807) is 30.3 Å². The van der Waals surface area contributed by atoms with Crippen molar-refractivity contribution in [2.24, 2.45) is 23.7 Å². The second-order valence-electron chi connectivity index (χ2n) is 12.4. The molecule has 6 atom stereocenters. The van der Waals surface area contributed by atoms with Gasteiger partial charge in [0.2, 0.25) is 11.8 Å². The molecule has 2 aliphatic heterocycles. The first-order valence-electron chi connectivity index (χ1n) is 15.3. The van der Waals surface area contributed by atoms with Crippen LogP contribution >= 0.6 is 23.2 Å². The number of hydrazine groups is 1. The van der Waals surface area contributed by atoms with Gasteiger partial charge in [0, 0.05) is 28.1 Å². The standard InChI is InChI=1S/C35H30Cl2FN3O5/c1-2-15-40-31(43)24-13-12-23-25(29(24)33(40)45)17-27-32(44)41(39-22-10-8-21(38)9-11-22)34(46)35(27,18-3-5-19(36)6-4-18)30(23)26-16-20(37)7-14-28(26)42/h3-12,14,16,24-25,27,29-30,39,42H,2,13,15,17H2,1H3/t24-,25+,27-,29-,30+,35+/m0/s1. The number of rotatable bonds is 6. The smallest absolute Gasteiger partial charge is 0.260 e. The maximum Gasteiger partial charge on any atom is 0.260 e. The number of carbonyl (C=O) groups is 4. The lowest BCUT2D eigenvalue weighted by atomic mass is 9.49. The summed E-state index contributed by atoms with van der Waals surface area (Å²) in [4.78, 5) is 58.2. The van der Waals surface area contributed by atoms with Crippen molar-refractivity contribution < 1.29 is 28.7 Å². The summed E-state index contributed by atoms with van der Waals surface area (Å²) in [5.74, 6) is -6.04. The van der Waals surface area contributed by atoms with Gasteiger partial charge in [-0.1, -0.05) is 53.9 Å². The number of aromatic hydroxyl groups is 1. The number of fused-ring (bicyclic) bond motifs is 4. The van der Waals surface area contributed by atoms with Gasteiger partial charge < -0.3 is 5.11 Å². The summed E-state index contributed by atoms with van der Waals surface area (Å²) in [6, 6.07) is 16.5. The van der Waals surface area contributed by atoms with Gasteiger partial charge in [-0.2, -0.15) is 5.01 Å². The van der Waals surface area contributed by atoms with Crippen molar-refractivity contribution in [1.29, 1.82) is 0 Å². The van der Waals surface area contributed by atoms with Gasteiger partial charge in [0.25, 0.3) is 11.8 Å². The topological polar surface area (TPSA) is 107 Å². The number of likely N-dealkylation sites (tertiary alicyclic amines) is 1. The highest BCUT2D eigenvalue weighted by atomic mass is 35.5. The average Bonchev–Trinajstić information content (AvgIpc) is 3.41. The molecule has 2 heterocycles. The number of hydrogen-bond donors (Lipinski definition) is 2. The lowest BCUT2D eigenvalue weighted by Crippen LogP contribution is -2.53. The Bertz CT molecular complexity index is 1810. The Balaban J connectivity index is 1.47. The molecule has 3 aromatic carbocycles. The number of nitrogens with one attached hydrogen (secondary N) is 1. The van der Waals surface area contributed by atoms with Crippen LogP contribution in [0.25, 0.3) is 0 Å². The minimum absolute atomic E-state index is 0.110. The number of phenolic OH excluding ortho intramolecular Hbond substituents is 1. The molecule has 3 fully saturated rings. The SMILES string of the molecule is CCCN1C(=O)[C@H]2[C@H](CC=C3[C@H]2C[C@H]2C(=O)N(Nc4ccc(F)cc4)C(=O)[C@@]2(c2ccc(Cl)cc2)[C@H]3c2cc(Cl)ccc2O)C1=O. The van der Waals surface area contributed by atoms with Crippen molar-refractivity contribution in [3.05, 3.63) is 105 Å². The number of carbonyl (C=O) groups excluding carboxylic acids is 4. The van der Waals surface area contributed by atoms with Gasteiger partial charge in [0.05, 0.1) is 28.9 Å². The molecule has 46 heavy (non-hydrogen) atoms. The molecular formula is C35H30Cl2FN3O5. The highest BCUT2D eigenvalue weighted by molar-refractivity contribution is 6.31. The summed E-state index contributed by atoms with van der Waals surface area (Å²) in [5, 5.41) is 13.1. The zero-order valence-electron chi connectivity index (χ0n) is 24.8. The van der Waals surface area contributed by atoms with E-state index in [1.165, 1.54) is 41.3 Å². The Morgan fingerprint density at radius 3 is 2.30 bits per heavy atom. The van der Waals surface area contributed by atoms with Crippen LogP contribution in [0.3, 0.4) is 0 Å². The first-order chi connectivity index (χ1) is 22.1. The Labute approximate surface area is 274 Å². The largest absolute Gasteiger partial charge is 0.508 e. The summed E-state index contributed by atoms with van der Waals surface area (Å²) in [6.45, 7) is 2.20. The van der Waals surface area contributed by atoms with Crippen LogP contribution in [0.5, 0.6) is 5.75 Å². The number of amides is 4. The molecule has 2 saturated heterocycles. The maximum atomic E-state index is 15.0. The van der Waals surface area contributed by atoms with Crippen LogP contribution in [0.1, 0.15) is 43.2 Å². The summed E-state index contributed by atoms with van der Waals surface area (Å²) < 4.78 is 13.7. The van der Waals surface area contributed by atoms with E-state index >= 15 is 4.79 Å². The zero-order valence-corrected chi connectivity index (χ0v) is 26.3. The number of phenols is 1. The third kappa shape index (κ3) is 4.39. The molecule has 3 aromatic rings. The van der Waals surface area contributed by atoms with Crippen molar-refractivity contribution in [1.82, 2.24) is 9.91 Å². The molecule has 0 aromatic heterocycles. The predicted octanol–water partition coefficient (Wildman–Crippen LogP) is 6.23. The molecule has 2 aliphatic carbocycles. The van der Waals surface area contributed by atoms with Crippen LogP contribution < -0.4 is 5.43 Å². The summed E-state index contributed by atoms with van der Waals surface area (Å²) in [7, 11) is 0. The number of benzene rings is 3. The van der Waals surface area contributed by atoms with Crippen LogP contribution in [0.4, 0.5) is 10.1 Å². The second-order valence-corrected chi connectivity index (χ2v) is 13.3. The molecule has 236 valence electrons. The van der Waals surface area contributed by atoms with E-state index in [1.807, 2.05) is 13.0 Å². The van der Waals surface area contributed by atoms with Crippen molar-refractivity contribution in [2.45, 2.75) is 37.5 Å². The van der Waals surface area contributed by atoms with Crippen molar-refractivity contribution in [3.63, 3.8) is 0 Å². The number of halogens is 3. The quantitative estimate of drug-likeness (QED) is 0.240. The molecule has 0 spiro atoms. The number of hydrogen-bond acceptors (Lipinski definition) is 6. The van der Waals surface area contributed by atoms with Crippen molar-refractivity contribution in [2.75, 3.05) is 12.0 Å². The van der Waals surface area contributed by atoms with E-state index in [0.29, 0.717) is 45.4 Å². The molecule has 2 N–H and O–H groups in total. The zero-order chi connectivity index (χ0) is 32.5. The number of imide groups is 2. The van der Waals surface area contributed by atoms with Gasteiger partial charge in [-0.15, -0.1) is 0 Å². The maximum absolute atomic E-state index is 15.0.